The summed E-state index contributed by atoms with van der Waals surface area (Å²) in [4.78, 5) is 42.5. The van der Waals surface area contributed by atoms with E-state index in [-0.39, 0.29) is 35.7 Å². The van der Waals surface area contributed by atoms with Gasteiger partial charge in [0.25, 0.3) is 11.8 Å². The van der Waals surface area contributed by atoms with Crippen molar-refractivity contribution >= 4 is 29.1 Å². The molecule has 39 heavy (non-hydrogen) atoms. The van der Waals surface area contributed by atoms with E-state index in [2.05, 4.69) is 15.5 Å². The molecule has 1 aliphatic rings. The molecule has 0 unspecified atom stereocenters. The Balaban J connectivity index is 1.53. The summed E-state index contributed by atoms with van der Waals surface area (Å²) in [5.74, 6) is -1.18. The molecule has 0 saturated carbocycles. The number of carbonyl (C=O) groups is 3. The van der Waals surface area contributed by atoms with Gasteiger partial charge >= 0.3 is 0 Å². The Kier molecular flexibility index (Phi) is 8.91. The van der Waals surface area contributed by atoms with Crippen molar-refractivity contribution in [3.63, 3.8) is 0 Å². The van der Waals surface area contributed by atoms with Gasteiger partial charge < -0.3 is 20.4 Å². The van der Waals surface area contributed by atoms with E-state index in [1.807, 2.05) is 18.7 Å². The van der Waals surface area contributed by atoms with E-state index in [4.69, 9.17) is 0 Å². The Labute approximate surface area is 226 Å². The van der Waals surface area contributed by atoms with Crippen LogP contribution in [0.4, 0.5) is 20.2 Å². The highest BCUT2D eigenvalue weighted by atomic mass is 19.1. The molecule has 0 atom stereocenters. The Bertz CT molecular complexity index is 1320. The van der Waals surface area contributed by atoms with Gasteiger partial charge in [0.1, 0.15) is 11.6 Å². The fourth-order valence-electron chi connectivity index (χ4n) is 4.43. The van der Waals surface area contributed by atoms with Crippen molar-refractivity contribution in [3.05, 3.63) is 95.1 Å². The second kappa shape index (κ2) is 12.5. The first-order valence-corrected chi connectivity index (χ1v) is 13.0. The number of amides is 3. The number of carbonyl (C=O) groups excluding carboxylic acids is 3. The number of benzene rings is 3. The SMILES string of the molecule is CC(C)CC(=O)N1CCN(c2ccc(NC(=O)c3ccc(F)cc3)cc2C(=O)NCc2ccc(F)cc2)CC1. The van der Waals surface area contributed by atoms with Gasteiger partial charge in [0.05, 0.1) is 5.56 Å². The first-order valence-electron chi connectivity index (χ1n) is 13.0. The van der Waals surface area contributed by atoms with E-state index in [1.165, 1.54) is 36.4 Å². The molecule has 1 saturated heterocycles. The summed E-state index contributed by atoms with van der Waals surface area (Å²) in [7, 11) is 0. The predicted molar refractivity (Wildman–Crippen MR) is 147 cm³/mol. The van der Waals surface area contributed by atoms with Gasteiger partial charge in [-0.25, -0.2) is 8.78 Å². The first kappa shape index (κ1) is 27.8. The number of anilines is 2. The number of nitrogens with one attached hydrogen (secondary N) is 2. The van der Waals surface area contributed by atoms with E-state index < -0.39 is 11.7 Å². The van der Waals surface area contributed by atoms with Crippen molar-refractivity contribution in [2.45, 2.75) is 26.8 Å². The van der Waals surface area contributed by atoms with Crippen LogP contribution in [-0.4, -0.2) is 48.8 Å². The molecule has 4 rings (SSSR count). The van der Waals surface area contributed by atoms with Crippen molar-refractivity contribution in [3.8, 4) is 0 Å². The molecule has 7 nitrogen and oxygen atoms in total. The minimum atomic E-state index is -0.443. The molecule has 9 heteroatoms. The van der Waals surface area contributed by atoms with Crippen LogP contribution in [0, 0.1) is 17.6 Å². The van der Waals surface area contributed by atoms with E-state index in [0.29, 0.717) is 49.5 Å². The maximum Gasteiger partial charge on any atom is 0.255 e. The van der Waals surface area contributed by atoms with Gasteiger partial charge in [0.2, 0.25) is 5.91 Å². The quantitative estimate of drug-likeness (QED) is 0.433. The Morgan fingerprint density at radius 2 is 1.44 bits per heavy atom. The largest absolute Gasteiger partial charge is 0.367 e. The van der Waals surface area contributed by atoms with E-state index >= 15 is 0 Å². The minimum Gasteiger partial charge on any atom is -0.367 e. The third-order valence-corrected chi connectivity index (χ3v) is 6.53. The highest BCUT2D eigenvalue weighted by Gasteiger charge is 2.25. The average molecular weight is 535 g/mol. The lowest BCUT2D eigenvalue weighted by molar-refractivity contribution is -0.132. The number of halogens is 2. The topological polar surface area (TPSA) is 81.8 Å². The number of nitrogens with zero attached hydrogens (tertiary/aromatic N) is 2. The summed E-state index contributed by atoms with van der Waals surface area (Å²) < 4.78 is 26.5. The normalized spacial score (nSPS) is 13.4. The zero-order valence-corrected chi connectivity index (χ0v) is 22.0. The Hall–Kier alpha value is -4.27. The van der Waals surface area contributed by atoms with Crippen LogP contribution in [0.25, 0.3) is 0 Å². The number of rotatable bonds is 8. The van der Waals surface area contributed by atoms with Gasteiger partial charge in [-0.05, 0) is 66.1 Å². The summed E-state index contributed by atoms with van der Waals surface area (Å²) in [6.07, 6.45) is 0.499. The van der Waals surface area contributed by atoms with Gasteiger partial charge in [-0.2, -0.15) is 0 Å². The van der Waals surface area contributed by atoms with Crippen LogP contribution >= 0.6 is 0 Å². The van der Waals surface area contributed by atoms with Crippen LogP contribution < -0.4 is 15.5 Å². The highest BCUT2D eigenvalue weighted by molar-refractivity contribution is 6.06. The van der Waals surface area contributed by atoms with Crippen molar-refractivity contribution in [1.29, 1.82) is 0 Å². The molecular formula is C30H32F2N4O3. The Morgan fingerprint density at radius 1 is 0.821 bits per heavy atom. The molecule has 0 aromatic heterocycles. The van der Waals surface area contributed by atoms with E-state index in [1.54, 1.807) is 30.3 Å². The van der Waals surface area contributed by atoms with Crippen molar-refractivity contribution in [2.75, 3.05) is 36.4 Å². The van der Waals surface area contributed by atoms with Gasteiger partial charge in [0, 0.05) is 56.1 Å². The standard InChI is InChI=1S/C30H32F2N4O3/c1-20(2)17-28(37)36-15-13-35(14-16-36)27-12-11-25(34-29(38)22-5-9-24(32)10-6-22)18-26(27)30(39)33-19-21-3-7-23(31)8-4-21/h3-12,18,20H,13-17,19H2,1-2H3,(H,33,39)(H,34,38). The first-order chi connectivity index (χ1) is 18.7. The fraction of sp³-hybridized carbons (Fsp3) is 0.300. The zero-order chi connectivity index (χ0) is 27.9. The van der Waals surface area contributed by atoms with Crippen LogP contribution in [0.3, 0.4) is 0 Å². The number of hydrogen-bond donors (Lipinski definition) is 2. The molecule has 2 N–H and O–H groups in total. The number of hydrogen-bond acceptors (Lipinski definition) is 4. The lowest BCUT2D eigenvalue weighted by atomic mass is 10.1. The molecule has 0 aliphatic carbocycles. The molecule has 1 heterocycles. The number of piperazine rings is 1. The molecule has 3 amide bonds. The van der Waals surface area contributed by atoms with Crippen molar-refractivity contribution < 1.29 is 23.2 Å². The van der Waals surface area contributed by atoms with E-state index in [9.17, 15) is 23.2 Å². The van der Waals surface area contributed by atoms with Crippen molar-refractivity contribution in [1.82, 2.24) is 10.2 Å². The molecule has 204 valence electrons. The summed E-state index contributed by atoms with van der Waals surface area (Å²) in [5.41, 5.74) is 2.47. The average Bonchev–Trinajstić information content (AvgIpc) is 2.92. The predicted octanol–water partition coefficient (Wildman–Crippen LogP) is 4.84. The van der Waals surface area contributed by atoms with Crippen LogP contribution in [0.5, 0.6) is 0 Å². The summed E-state index contributed by atoms with van der Waals surface area (Å²) in [5, 5.41) is 5.64. The highest BCUT2D eigenvalue weighted by Crippen LogP contribution is 2.27. The van der Waals surface area contributed by atoms with Gasteiger partial charge in [-0.15, -0.1) is 0 Å². The summed E-state index contributed by atoms with van der Waals surface area (Å²) >= 11 is 0. The molecule has 0 radical (unpaired) electrons. The summed E-state index contributed by atoms with van der Waals surface area (Å²) in [6.45, 7) is 6.44. The van der Waals surface area contributed by atoms with Gasteiger partial charge in [-0.3, -0.25) is 14.4 Å². The molecule has 3 aromatic rings. The van der Waals surface area contributed by atoms with Crippen LogP contribution in [0.1, 0.15) is 46.5 Å². The summed E-state index contributed by atoms with van der Waals surface area (Å²) in [6, 6.07) is 16.1. The third-order valence-electron chi connectivity index (χ3n) is 6.53. The lowest BCUT2D eigenvalue weighted by Gasteiger charge is -2.37. The van der Waals surface area contributed by atoms with Gasteiger partial charge in [0.15, 0.2) is 0 Å². The molecule has 1 fully saturated rings. The maximum atomic E-state index is 13.4. The van der Waals surface area contributed by atoms with Crippen LogP contribution in [-0.2, 0) is 11.3 Å². The monoisotopic (exact) mass is 534 g/mol. The molecule has 0 spiro atoms. The smallest absolute Gasteiger partial charge is 0.255 e. The van der Waals surface area contributed by atoms with Crippen molar-refractivity contribution in [2.24, 2.45) is 5.92 Å². The van der Waals surface area contributed by atoms with E-state index in [0.717, 1.165) is 5.56 Å². The minimum absolute atomic E-state index is 0.126. The van der Waals surface area contributed by atoms with Gasteiger partial charge in [-0.1, -0.05) is 26.0 Å². The fourth-order valence-corrected chi connectivity index (χ4v) is 4.43. The second-order valence-corrected chi connectivity index (χ2v) is 9.97. The molecule has 1 aliphatic heterocycles. The lowest BCUT2D eigenvalue weighted by Crippen LogP contribution is -2.49. The molecular weight excluding hydrogens is 502 g/mol. The third kappa shape index (κ3) is 7.40. The molecule has 3 aromatic carbocycles. The van der Waals surface area contributed by atoms with Crippen LogP contribution in [0.15, 0.2) is 66.7 Å². The molecule has 0 bridgehead atoms. The zero-order valence-electron chi connectivity index (χ0n) is 22.0. The second-order valence-electron chi connectivity index (χ2n) is 9.97. The Morgan fingerprint density at radius 3 is 2.05 bits per heavy atom. The van der Waals surface area contributed by atoms with Crippen LogP contribution in [0.2, 0.25) is 0 Å². The maximum absolute atomic E-state index is 13.4.